The largest absolute Gasteiger partial charge is 0.504 e. The number of phenolic OH excluding ortho intramolecular Hbond substituents is 2. The summed E-state index contributed by atoms with van der Waals surface area (Å²) in [4.78, 5) is 29.9. The number of hydrogen-bond acceptors (Lipinski definition) is 6. The van der Waals surface area contributed by atoms with Crippen molar-refractivity contribution in [1.82, 2.24) is 18.7 Å². The van der Waals surface area contributed by atoms with Crippen LogP contribution in [0, 0.1) is 0 Å². The molecule has 0 radical (unpaired) electrons. The summed E-state index contributed by atoms with van der Waals surface area (Å²) in [6.45, 7) is 0.990. The molecular formula is C23H25N5O4. The van der Waals surface area contributed by atoms with E-state index in [1.54, 1.807) is 13.1 Å². The number of nitrogens with zero attached hydrogens (tertiary/aromatic N) is 4. The third-order valence-corrected chi connectivity index (χ3v) is 5.55. The number of anilines is 1. The third-order valence-electron chi connectivity index (χ3n) is 5.55. The summed E-state index contributed by atoms with van der Waals surface area (Å²) in [5, 5.41) is 22.4. The number of nitrogens with one attached hydrogen (secondary N) is 1. The molecular weight excluding hydrogens is 410 g/mol. The summed E-state index contributed by atoms with van der Waals surface area (Å²) < 4.78 is 4.28. The topological polar surface area (TPSA) is 114 Å². The first-order valence-electron chi connectivity index (χ1n) is 10.3. The van der Waals surface area contributed by atoms with Crippen molar-refractivity contribution in [2.75, 3.05) is 11.9 Å². The highest BCUT2D eigenvalue weighted by Gasteiger charge is 2.19. The molecule has 3 N–H and O–H groups in total. The quantitative estimate of drug-likeness (QED) is 0.381. The number of benzene rings is 2. The van der Waals surface area contributed by atoms with Crippen LogP contribution in [-0.4, -0.2) is 35.4 Å². The third kappa shape index (κ3) is 3.96. The van der Waals surface area contributed by atoms with Crippen molar-refractivity contribution >= 4 is 17.1 Å². The minimum Gasteiger partial charge on any atom is -0.504 e. The van der Waals surface area contributed by atoms with Crippen molar-refractivity contribution in [1.29, 1.82) is 0 Å². The molecule has 0 aliphatic carbocycles. The van der Waals surface area contributed by atoms with Crippen LogP contribution < -0.4 is 16.6 Å². The number of aryl methyl sites for hydroxylation is 3. The molecule has 0 aliphatic heterocycles. The molecule has 0 fully saturated rings. The van der Waals surface area contributed by atoms with Crippen LogP contribution in [0.25, 0.3) is 11.2 Å². The molecule has 0 bridgehead atoms. The van der Waals surface area contributed by atoms with Gasteiger partial charge in [-0.05, 0) is 36.1 Å². The van der Waals surface area contributed by atoms with E-state index in [2.05, 4.69) is 10.3 Å². The lowest BCUT2D eigenvalue weighted by Crippen LogP contribution is -2.37. The Bertz CT molecular complexity index is 1390. The van der Waals surface area contributed by atoms with Crippen LogP contribution in [0.4, 0.5) is 5.95 Å². The van der Waals surface area contributed by atoms with Gasteiger partial charge in [0.25, 0.3) is 5.56 Å². The molecule has 166 valence electrons. The van der Waals surface area contributed by atoms with E-state index in [1.165, 1.54) is 23.7 Å². The fraction of sp³-hybridized carbons (Fsp3) is 0.261. The number of imidazole rings is 1. The second-order valence-corrected chi connectivity index (χ2v) is 7.70. The Morgan fingerprint density at radius 3 is 2.38 bits per heavy atom. The minimum absolute atomic E-state index is 0.166. The number of phenols is 2. The number of hydrogen-bond donors (Lipinski definition) is 3. The van der Waals surface area contributed by atoms with E-state index >= 15 is 0 Å². The summed E-state index contributed by atoms with van der Waals surface area (Å²) in [5.74, 6) is 0.162. The zero-order chi connectivity index (χ0) is 22.8. The van der Waals surface area contributed by atoms with Crippen molar-refractivity contribution in [3.8, 4) is 11.5 Å². The Hall–Kier alpha value is -4.01. The second kappa shape index (κ2) is 8.62. The van der Waals surface area contributed by atoms with Crippen LogP contribution >= 0.6 is 0 Å². The minimum atomic E-state index is -0.429. The molecule has 2 aromatic carbocycles. The highest BCUT2D eigenvalue weighted by atomic mass is 16.3. The summed E-state index contributed by atoms with van der Waals surface area (Å²) in [7, 11) is 3.06. The molecule has 0 aliphatic rings. The predicted molar refractivity (Wildman–Crippen MR) is 122 cm³/mol. The van der Waals surface area contributed by atoms with E-state index in [4.69, 9.17) is 0 Å². The van der Waals surface area contributed by atoms with Crippen LogP contribution in [0.3, 0.4) is 0 Å². The van der Waals surface area contributed by atoms with Gasteiger partial charge in [-0.1, -0.05) is 36.4 Å². The number of aromatic hydroxyl groups is 2. The molecule has 9 heteroatoms. The maximum absolute atomic E-state index is 12.9. The van der Waals surface area contributed by atoms with Gasteiger partial charge in [0.2, 0.25) is 5.95 Å². The molecule has 0 amide bonds. The normalized spacial score (nSPS) is 11.2. The van der Waals surface area contributed by atoms with Gasteiger partial charge in [-0.15, -0.1) is 0 Å². The fourth-order valence-electron chi connectivity index (χ4n) is 3.73. The number of fused-ring (bicyclic) bond motifs is 1. The van der Waals surface area contributed by atoms with E-state index in [1.807, 2.05) is 34.9 Å². The lowest BCUT2D eigenvalue weighted by Gasteiger charge is -2.11. The lowest BCUT2D eigenvalue weighted by atomic mass is 10.1. The van der Waals surface area contributed by atoms with Crippen LogP contribution in [0.1, 0.15) is 11.1 Å². The molecule has 32 heavy (non-hydrogen) atoms. The molecule has 4 aromatic rings. The van der Waals surface area contributed by atoms with Gasteiger partial charge in [0, 0.05) is 27.2 Å². The Balaban J connectivity index is 1.67. The Kier molecular flexibility index (Phi) is 5.72. The van der Waals surface area contributed by atoms with Gasteiger partial charge in [-0.2, -0.15) is 4.98 Å². The first-order chi connectivity index (χ1) is 15.4. The van der Waals surface area contributed by atoms with E-state index in [0.717, 1.165) is 15.7 Å². The van der Waals surface area contributed by atoms with Crippen molar-refractivity contribution in [3.05, 3.63) is 80.5 Å². The molecule has 0 saturated heterocycles. The second-order valence-electron chi connectivity index (χ2n) is 7.70. The van der Waals surface area contributed by atoms with Crippen LogP contribution in [0.5, 0.6) is 11.5 Å². The first kappa shape index (κ1) is 21.2. The number of aromatic nitrogens is 4. The molecule has 0 spiro atoms. The molecule has 2 aromatic heterocycles. The molecule has 2 heterocycles. The van der Waals surface area contributed by atoms with Gasteiger partial charge < -0.3 is 20.1 Å². The van der Waals surface area contributed by atoms with Gasteiger partial charge in [0.05, 0.1) is 0 Å². The zero-order valence-electron chi connectivity index (χ0n) is 17.9. The van der Waals surface area contributed by atoms with E-state index in [-0.39, 0.29) is 17.1 Å². The van der Waals surface area contributed by atoms with Gasteiger partial charge >= 0.3 is 5.69 Å². The monoisotopic (exact) mass is 435 g/mol. The van der Waals surface area contributed by atoms with Crippen LogP contribution in [0.15, 0.2) is 58.1 Å². The highest BCUT2D eigenvalue weighted by molar-refractivity contribution is 5.74. The average Bonchev–Trinajstić information content (AvgIpc) is 3.16. The van der Waals surface area contributed by atoms with Crippen molar-refractivity contribution in [2.24, 2.45) is 14.1 Å². The van der Waals surface area contributed by atoms with Crippen molar-refractivity contribution in [3.63, 3.8) is 0 Å². The maximum atomic E-state index is 12.9. The molecule has 4 rings (SSSR count). The predicted octanol–water partition coefficient (Wildman–Crippen LogP) is 1.74. The molecule has 0 unspecified atom stereocenters. The molecule has 9 nitrogen and oxygen atoms in total. The highest BCUT2D eigenvalue weighted by Crippen LogP contribution is 2.25. The van der Waals surface area contributed by atoms with Gasteiger partial charge in [-0.25, -0.2) is 4.79 Å². The summed E-state index contributed by atoms with van der Waals surface area (Å²) in [5.41, 5.74) is 1.84. The standard InChI is InChI=1S/C23H25N5O4/c1-26-20-19(21(31)27(2)23(26)32)28(13-11-15-6-4-3-5-7-15)22(25-20)24-12-10-16-8-9-17(29)18(30)14-16/h3-9,14,29-30H,10-13H2,1-2H3,(H,24,25). The summed E-state index contributed by atoms with van der Waals surface area (Å²) in [6.07, 6.45) is 1.26. The van der Waals surface area contributed by atoms with Crippen LogP contribution in [-0.2, 0) is 33.5 Å². The molecule has 0 atom stereocenters. The Morgan fingerprint density at radius 2 is 1.66 bits per heavy atom. The average molecular weight is 435 g/mol. The Labute approximate surface area is 183 Å². The van der Waals surface area contributed by atoms with E-state index in [0.29, 0.717) is 43.0 Å². The van der Waals surface area contributed by atoms with Gasteiger partial charge in [-0.3, -0.25) is 13.9 Å². The summed E-state index contributed by atoms with van der Waals surface area (Å²) >= 11 is 0. The number of rotatable bonds is 7. The maximum Gasteiger partial charge on any atom is 0.332 e. The van der Waals surface area contributed by atoms with Crippen LogP contribution in [0.2, 0.25) is 0 Å². The SMILES string of the molecule is Cn1c(=O)c2c(nc(NCCc3ccc(O)c(O)c3)n2CCc2ccccc2)n(C)c1=O. The van der Waals surface area contributed by atoms with Crippen molar-refractivity contribution < 1.29 is 10.2 Å². The van der Waals surface area contributed by atoms with Gasteiger partial charge in [0.1, 0.15) is 0 Å². The van der Waals surface area contributed by atoms with E-state index < -0.39 is 5.69 Å². The van der Waals surface area contributed by atoms with Crippen molar-refractivity contribution in [2.45, 2.75) is 19.4 Å². The zero-order valence-corrected chi connectivity index (χ0v) is 17.9. The van der Waals surface area contributed by atoms with E-state index in [9.17, 15) is 19.8 Å². The Morgan fingerprint density at radius 1 is 0.906 bits per heavy atom. The smallest absolute Gasteiger partial charge is 0.332 e. The summed E-state index contributed by atoms with van der Waals surface area (Å²) in [6, 6.07) is 14.6. The molecule has 0 saturated carbocycles. The lowest BCUT2D eigenvalue weighted by molar-refractivity contribution is 0.403. The first-order valence-corrected chi connectivity index (χ1v) is 10.3. The van der Waals surface area contributed by atoms with Gasteiger partial charge in [0.15, 0.2) is 22.7 Å². The fourth-order valence-corrected chi connectivity index (χ4v) is 3.73.